The summed E-state index contributed by atoms with van der Waals surface area (Å²) in [6, 6.07) is 78.6. The van der Waals surface area contributed by atoms with Crippen molar-refractivity contribution in [1.29, 1.82) is 0 Å². The summed E-state index contributed by atoms with van der Waals surface area (Å²) in [4.78, 5) is 10.8. The highest BCUT2D eigenvalue weighted by atomic mass is 15.2. The van der Waals surface area contributed by atoms with Crippen LogP contribution in [0.3, 0.4) is 0 Å². The summed E-state index contributed by atoms with van der Waals surface area (Å²) in [5.41, 5.74) is 13.2. The molecule has 0 atom stereocenters. The largest absolute Gasteiger partial charge is 0.309 e. The number of rotatable bonds is 5. The number of fused-ring (bicyclic) bond motifs is 11. The fourth-order valence-corrected chi connectivity index (χ4v) is 10.0. The first-order valence-electron chi connectivity index (χ1n) is 21.2. The average Bonchev–Trinajstić information content (AvgIpc) is 3.87. The summed E-state index contributed by atoms with van der Waals surface area (Å²) in [6.07, 6.45) is 0. The van der Waals surface area contributed by atoms with E-state index in [1.165, 1.54) is 70.8 Å². The van der Waals surface area contributed by atoms with Gasteiger partial charge in [-0.25, -0.2) is 9.97 Å². The first kappa shape index (κ1) is 34.5. The topological polar surface area (TPSA) is 35.6 Å². The van der Waals surface area contributed by atoms with Crippen LogP contribution >= 0.6 is 0 Å². The average molecular weight is 789 g/mol. The van der Waals surface area contributed by atoms with Crippen LogP contribution in [0.15, 0.2) is 218 Å². The summed E-state index contributed by atoms with van der Waals surface area (Å²) < 4.78 is 4.73. The second kappa shape index (κ2) is 13.6. The smallest absolute Gasteiger partial charge is 0.235 e. The van der Waals surface area contributed by atoms with E-state index in [1.54, 1.807) is 0 Å². The van der Waals surface area contributed by atoms with E-state index in [-0.39, 0.29) is 0 Å². The third-order valence-corrected chi connectivity index (χ3v) is 12.7. The van der Waals surface area contributed by atoms with E-state index in [1.807, 2.05) is 0 Å². The fraction of sp³-hybridized carbons (Fsp3) is 0. The molecule has 0 unspecified atom stereocenters. The van der Waals surface area contributed by atoms with Crippen molar-refractivity contribution in [1.82, 2.24) is 19.1 Å². The third kappa shape index (κ3) is 5.14. The molecule has 0 aliphatic carbocycles. The van der Waals surface area contributed by atoms with Gasteiger partial charge in [0, 0.05) is 38.2 Å². The Bertz CT molecular complexity index is 3900. The van der Waals surface area contributed by atoms with Crippen LogP contribution in [0.5, 0.6) is 0 Å². The number of para-hydroxylation sites is 3. The minimum absolute atomic E-state index is 0.648. The Morgan fingerprint density at radius 1 is 0.290 bits per heavy atom. The van der Waals surface area contributed by atoms with Gasteiger partial charge >= 0.3 is 0 Å². The van der Waals surface area contributed by atoms with E-state index in [9.17, 15) is 0 Å². The summed E-state index contributed by atoms with van der Waals surface area (Å²) in [6.45, 7) is 0. The van der Waals surface area contributed by atoms with Gasteiger partial charge in [-0.05, 0) is 86.3 Å². The maximum absolute atomic E-state index is 5.43. The van der Waals surface area contributed by atoms with Crippen LogP contribution < -0.4 is 0 Å². The second-order valence-corrected chi connectivity index (χ2v) is 16.1. The van der Waals surface area contributed by atoms with Crippen molar-refractivity contribution in [3.63, 3.8) is 0 Å². The van der Waals surface area contributed by atoms with E-state index < -0.39 is 0 Å². The van der Waals surface area contributed by atoms with Gasteiger partial charge in [0.25, 0.3) is 0 Å². The molecule has 0 fully saturated rings. The van der Waals surface area contributed by atoms with Gasteiger partial charge in [-0.2, -0.15) is 0 Å². The quantitative estimate of drug-likeness (QED) is 0.174. The summed E-state index contributed by atoms with van der Waals surface area (Å²) >= 11 is 0. The minimum Gasteiger partial charge on any atom is -0.309 e. The first-order chi connectivity index (χ1) is 30.8. The molecule has 4 heteroatoms. The molecule has 4 nitrogen and oxygen atoms in total. The Balaban J connectivity index is 1.13. The maximum Gasteiger partial charge on any atom is 0.235 e. The molecule has 0 aliphatic rings. The third-order valence-electron chi connectivity index (χ3n) is 12.7. The maximum atomic E-state index is 5.43. The number of benzene rings is 10. The Morgan fingerprint density at radius 3 is 1.32 bits per heavy atom. The number of hydrogen-bond acceptors (Lipinski definition) is 2. The lowest BCUT2D eigenvalue weighted by Crippen LogP contribution is -2.03. The van der Waals surface area contributed by atoms with E-state index in [0.717, 1.165) is 44.4 Å². The minimum atomic E-state index is 0.648. The highest BCUT2D eigenvalue weighted by Crippen LogP contribution is 2.46. The highest BCUT2D eigenvalue weighted by molar-refractivity contribution is 6.28. The van der Waals surface area contributed by atoms with Gasteiger partial charge < -0.3 is 4.57 Å². The molecular formula is C58H36N4. The van der Waals surface area contributed by atoms with Gasteiger partial charge in [0.05, 0.1) is 33.3 Å². The van der Waals surface area contributed by atoms with Crippen LogP contribution in [0.1, 0.15) is 0 Å². The molecule has 3 heterocycles. The molecule has 0 aliphatic heterocycles. The van der Waals surface area contributed by atoms with Gasteiger partial charge in [-0.15, -0.1) is 0 Å². The molecule has 13 aromatic rings. The molecule has 0 saturated carbocycles. The number of hydrogen-bond donors (Lipinski definition) is 0. The molecular weight excluding hydrogens is 753 g/mol. The lowest BCUT2D eigenvalue weighted by atomic mass is 9.90. The molecule has 3 aromatic heterocycles. The van der Waals surface area contributed by atoms with Crippen molar-refractivity contribution < 1.29 is 0 Å². The molecule has 0 spiro atoms. The van der Waals surface area contributed by atoms with E-state index in [0.29, 0.717) is 5.95 Å². The van der Waals surface area contributed by atoms with Crippen molar-refractivity contribution in [2.24, 2.45) is 0 Å². The first-order valence-corrected chi connectivity index (χ1v) is 21.2. The van der Waals surface area contributed by atoms with Crippen molar-refractivity contribution in [3.8, 4) is 45.1 Å². The van der Waals surface area contributed by atoms with E-state index in [4.69, 9.17) is 9.97 Å². The van der Waals surface area contributed by atoms with Gasteiger partial charge in [-0.3, -0.25) is 4.57 Å². The molecule has 0 amide bonds. The van der Waals surface area contributed by atoms with Crippen LogP contribution in [0.4, 0.5) is 0 Å². The summed E-state index contributed by atoms with van der Waals surface area (Å²) in [5, 5.41) is 10.7. The molecule has 13 rings (SSSR count). The molecule has 0 bridgehead atoms. The Hall–Kier alpha value is -8.34. The monoisotopic (exact) mass is 788 g/mol. The molecule has 0 radical (unpaired) electrons. The van der Waals surface area contributed by atoms with Crippen LogP contribution in [0, 0.1) is 0 Å². The van der Waals surface area contributed by atoms with Gasteiger partial charge in [0.15, 0.2) is 0 Å². The van der Waals surface area contributed by atoms with Gasteiger partial charge in [-0.1, -0.05) is 176 Å². The zero-order valence-electron chi connectivity index (χ0n) is 33.6. The van der Waals surface area contributed by atoms with Crippen molar-refractivity contribution in [3.05, 3.63) is 218 Å². The summed E-state index contributed by atoms with van der Waals surface area (Å²) in [7, 11) is 0. The molecule has 10 aromatic carbocycles. The Morgan fingerprint density at radius 2 is 0.726 bits per heavy atom. The molecule has 288 valence electrons. The SMILES string of the molecule is c1ccc(-c2ccc(-n3c4ccccc4c4c5ccccc5c(-c5cc6c(c7ccccc57)c5ccccc5n6-c5nc(-c6ccccc6)c6ccccc6n5)cc43)cc2)cc1. The predicted molar refractivity (Wildman–Crippen MR) is 260 cm³/mol. The van der Waals surface area contributed by atoms with Crippen molar-refractivity contribution >= 4 is 76.1 Å². The van der Waals surface area contributed by atoms with Crippen LogP contribution in [-0.4, -0.2) is 19.1 Å². The predicted octanol–water partition coefficient (Wildman–Crippen LogP) is 15.1. The fourth-order valence-electron chi connectivity index (χ4n) is 10.0. The van der Waals surface area contributed by atoms with Crippen molar-refractivity contribution in [2.75, 3.05) is 0 Å². The van der Waals surface area contributed by atoms with Gasteiger partial charge in [0.1, 0.15) is 0 Å². The molecule has 0 saturated heterocycles. The molecule has 0 N–H and O–H groups in total. The Kier molecular flexibility index (Phi) is 7.57. The van der Waals surface area contributed by atoms with E-state index >= 15 is 0 Å². The normalized spacial score (nSPS) is 11.9. The number of aromatic nitrogens is 4. The standard InChI is InChI=1S/C58H36N4/c1-3-17-37(18-4-1)38-31-33-40(34-32-38)61-51-29-15-12-26-46(51)55-43-23-9-7-21-41(43)48(35-53(55)61)49-36-54-56(44-24-10-8-22-42(44)49)47-27-13-16-30-52(47)62(54)58-59-50-28-14-11-25-45(50)57(60-58)39-19-5-2-6-20-39/h1-36H. The lowest BCUT2D eigenvalue weighted by Gasteiger charge is -2.16. The lowest BCUT2D eigenvalue weighted by molar-refractivity contribution is 1.01. The summed E-state index contributed by atoms with van der Waals surface area (Å²) in [5.74, 6) is 0.648. The Labute approximate surface area is 357 Å². The number of nitrogens with zero attached hydrogens (tertiary/aromatic N) is 4. The van der Waals surface area contributed by atoms with Gasteiger partial charge in [0.2, 0.25) is 5.95 Å². The zero-order valence-corrected chi connectivity index (χ0v) is 33.6. The zero-order chi connectivity index (χ0) is 40.7. The van der Waals surface area contributed by atoms with Crippen LogP contribution in [0.25, 0.3) is 121 Å². The molecule has 62 heavy (non-hydrogen) atoms. The van der Waals surface area contributed by atoms with Crippen LogP contribution in [0.2, 0.25) is 0 Å². The van der Waals surface area contributed by atoms with Crippen LogP contribution in [-0.2, 0) is 0 Å². The highest BCUT2D eigenvalue weighted by Gasteiger charge is 2.23. The van der Waals surface area contributed by atoms with Crippen molar-refractivity contribution in [2.45, 2.75) is 0 Å². The van der Waals surface area contributed by atoms with E-state index in [2.05, 4.69) is 228 Å². The second-order valence-electron chi connectivity index (χ2n) is 16.1.